The molecule has 172 valence electrons. The summed E-state index contributed by atoms with van der Waals surface area (Å²) >= 11 is 0. The Morgan fingerprint density at radius 3 is 2.76 bits per heavy atom. The highest BCUT2D eigenvalue weighted by atomic mass is 19.3. The molecule has 4 heterocycles. The zero-order valence-corrected chi connectivity index (χ0v) is 17.5. The number of fused-ring (bicyclic) bond motifs is 1. The maximum atomic E-state index is 13.2. The van der Waals surface area contributed by atoms with Crippen LogP contribution in [0.1, 0.15) is 10.4 Å². The van der Waals surface area contributed by atoms with Crippen molar-refractivity contribution in [3.63, 3.8) is 0 Å². The Bertz CT molecular complexity index is 1490. The number of rotatable bonds is 7. The molecule has 34 heavy (non-hydrogen) atoms. The highest BCUT2D eigenvalue weighted by Crippen LogP contribution is 2.40. The van der Waals surface area contributed by atoms with Crippen LogP contribution in [0.5, 0.6) is 17.2 Å². The van der Waals surface area contributed by atoms with Gasteiger partial charge in [-0.05, 0) is 24.3 Å². The van der Waals surface area contributed by atoms with Gasteiger partial charge in [-0.1, -0.05) is 0 Å². The van der Waals surface area contributed by atoms with E-state index in [1.54, 1.807) is 25.5 Å². The van der Waals surface area contributed by atoms with Gasteiger partial charge < -0.3 is 15.2 Å². The van der Waals surface area contributed by atoms with Crippen molar-refractivity contribution < 1.29 is 23.0 Å². The van der Waals surface area contributed by atoms with Crippen molar-refractivity contribution in [3.8, 4) is 39.8 Å². The molecule has 0 aliphatic rings. The van der Waals surface area contributed by atoms with E-state index in [1.807, 2.05) is 0 Å². The van der Waals surface area contributed by atoms with Gasteiger partial charge in [0.1, 0.15) is 28.5 Å². The lowest BCUT2D eigenvalue weighted by molar-refractivity contribution is -0.0494. The molecule has 1 aromatic carbocycles. The van der Waals surface area contributed by atoms with E-state index in [2.05, 4.69) is 25.4 Å². The molecule has 0 spiro atoms. The van der Waals surface area contributed by atoms with Crippen molar-refractivity contribution in [1.82, 2.24) is 34.6 Å². The first-order chi connectivity index (χ1) is 16.4. The first-order valence-electron chi connectivity index (χ1n) is 9.83. The molecule has 0 fully saturated rings. The minimum atomic E-state index is -3.08. The number of aromatic nitrogens is 7. The summed E-state index contributed by atoms with van der Waals surface area (Å²) in [5.74, 6) is -0.157. The third kappa shape index (κ3) is 3.79. The number of benzene rings is 1. The first-order valence-corrected chi connectivity index (χ1v) is 9.83. The number of hydrogen-bond acceptors (Lipinski definition) is 7. The van der Waals surface area contributed by atoms with Crippen LogP contribution >= 0.6 is 0 Å². The maximum Gasteiger partial charge on any atom is 0.387 e. The molecular weight excluding hydrogens is 450 g/mol. The summed E-state index contributed by atoms with van der Waals surface area (Å²) in [7, 11) is 1.64. The molecule has 0 aliphatic heterocycles. The van der Waals surface area contributed by atoms with Gasteiger partial charge in [-0.15, -0.1) is 0 Å². The highest BCUT2D eigenvalue weighted by Gasteiger charge is 2.26. The number of amides is 1. The fourth-order valence-electron chi connectivity index (χ4n) is 3.55. The number of nitrogens with zero attached hydrogens (tertiary/aromatic N) is 6. The number of aryl methyl sites for hydroxylation is 1. The number of ether oxygens (including phenoxy) is 2. The van der Waals surface area contributed by atoms with Crippen LogP contribution in [0.25, 0.3) is 28.2 Å². The molecule has 0 bridgehead atoms. The number of carbonyl (C=O) groups is 1. The van der Waals surface area contributed by atoms with Gasteiger partial charge >= 0.3 is 6.61 Å². The summed E-state index contributed by atoms with van der Waals surface area (Å²) < 4.78 is 39.7. The SMILES string of the molecule is Cn1cc(-c2nn3cccnc3c2C(N)=O)c(-c2cc(Oc3cn[nH]c3)ccc2OC(F)F)n1. The van der Waals surface area contributed by atoms with Crippen LogP contribution in [0.4, 0.5) is 8.78 Å². The van der Waals surface area contributed by atoms with Gasteiger partial charge in [-0.3, -0.25) is 14.6 Å². The maximum absolute atomic E-state index is 13.2. The molecule has 11 nitrogen and oxygen atoms in total. The standard InChI is InChI=1S/C21H16F2N8O3/c1-30-10-14(18-16(19(24)32)20-25-5-2-6-31(20)29-18)17(28-30)13-7-11(33-12-8-26-27-9-12)3-4-15(13)34-21(22)23/h2-10,21H,1H3,(H2,24,32)(H,26,27). The summed E-state index contributed by atoms with van der Waals surface area (Å²) in [5.41, 5.74) is 6.93. The number of H-pyrrole nitrogens is 1. The van der Waals surface area contributed by atoms with Crippen molar-refractivity contribution in [1.29, 1.82) is 0 Å². The van der Waals surface area contributed by atoms with Crippen molar-refractivity contribution in [3.05, 3.63) is 60.8 Å². The molecule has 0 radical (unpaired) electrons. The molecule has 0 unspecified atom stereocenters. The normalized spacial score (nSPS) is 11.3. The molecule has 0 aliphatic carbocycles. The minimum Gasteiger partial charge on any atom is -0.454 e. The number of halogens is 2. The van der Waals surface area contributed by atoms with Gasteiger partial charge in [-0.25, -0.2) is 9.50 Å². The number of primary amides is 1. The molecular formula is C21H16F2N8O3. The number of carbonyl (C=O) groups excluding carboxylic acids is 1. The van der Waals surface area contributed by atoms with Crippen molar-refractivity contribution in [2.75, 3.05) is 0 Å². The van der Waals surface area contributed by atoms with Gasteiger partial charge in [-0.2, -0.15) is 24.1 Å². The van der Waals surface area contributed by atoms with E-state index in [0.717, 1.165) is 0 Å². The summed E-state index contributed by atoms with van der Waals surface area (Å²) in [6.45, 7) is -3.08. The average molecular weight is 466 g/mol. The molecule has 4 aromatic heterocycles. The Morgan fingerprint density at radius 2 is 2.03 bits per heavy atom. The largest absolute Gasteiger partial charge is 0.454 e. The smallest absolute Gasteiger partial charge is 0.387 e. The van der Waals surface area contributed by atoms with Gasteiger partial charge in [0.25, 0.3) is 5.91 Å². The van der Waals surface area contributed by atoms with Crippen molar-refractivity contribution >= 4 is 11.6 Å². The topological polar surface area (TPSA) is 138 Å². The fraction of sp³-hybridized carbons (Fsp3) is 0.0952. The van der Waals surface area contributed by atoms with E-state index < -0.39 is 12.5 Å². The Labute approximate surface area is 189 Å². The fourth-order valence-corrected chi connectivity index (χ4v) is 3.55. The third-order valence-electron chi connectivity index (χ3n) is 4.86. The van der Waals surface area contributed by atoms with Crippen LogP contribution in [0.3, 0.4) is 0 Å². The predicted octanol–water partition coefficient (Wildman–Crippen LogP) is 3.01. The van der Waals surface area contributed by atoms with Crippen LogP contribution in [0, 0.1) is 0 Å². The van der Waals surface area contributed by atoms with E-state index in [0.29, 0.717) is 17.1 Å². The number of nitrogens with two attached hydrogens (primary N) is 1. The van der Waals surface area contributed by atoms with Crippen LogP contribution < -0.4 is 15.2 Å². The molecule has 5 aromatic rings. The van der Waals surface area contributed by atoms with Gasteiger partial charge in [0.05, 0.1) is 12.4 Å². The molecule has 1 amide bonds. The van der Waals surface area contributed by atoms with E-state index in [4.69, 9.17) is 15.2 Å². The zero-order chi connectivity index (χ0) is 23.8. The molecule has 5 rings (SSSR count). The van der Waals surface area contributed by atoms with Crippen LogP contribution in [0.15, 0.2) is 55.2 Å². The number of aromatic amines is 1. The molecule has 13 heteroatoms. The van der Waals surface area contributed by atoms with Gasteiger partial charge in [0, 0.05) is 36.8 Å². The lowest BCUT2D eigenvalue weighted by Crippen LogP contribution is -2.12. The van der Waals surface area contributed by atoms with Crippen LogP contribution in [-0.4, -0.2) is 47.1 Å². The summed E-state index contributed by atoms with van der Waals surface area (Å²) in [6.07, 6.45) is 7.69. The van der Waals surface area contributed by atoms with Crippen molar-refractivity contribution in [2.24, 2.45) is 12.8 Å². The van der Waals surface area contributed by atoms with Gasteiger partial charge in [0.15, 0.2) is 11.4 Å². The first kappa shape index (κ1) is 21.1. The lowest BCUT2D eigenvalue weighted by atomic mass is 10.0. The lowest BCUT2D eigenvalue weighted by Gasteiger charge is -2.12. The summed E-state index contributed by atoms with van der Waals surface area (Å²) in [4.78, 5) is 16.5. The van der Waals surface area contributed by atoms with Gasteiger partial charge in [0.2, 0.25) is 0 Å². The predicted molar refractivity (Wildman–Crippen MR) is 114 cm³/mol. The Morgan fingerprint density at radius 1 is 1.18 bits per heavy atom. The molecule has 0 saturated carbocycles. The second kappa shape index (κ2) is 8.27. The number of nitrogens with one attached hydrogen (secondary N) is 1. The zero-order valence-electron chi connectivity index (χ0n) is 17.5. The molecule has 0 atom stereocenters. The Balaban J connectivity index is 1.71. The highest BCUT2D eigenvalue weighted by molar-refractivity contribution is 6.06. The van der Waals surface area contributed by atoms with Crippen molar-refractivity contribution in [2.45, 2.75) is 6.61 Å². The number of hydrogen-bond donors (Lipinski definition) is 2. The summed E-state index contributed by atoms with van der Waals surface area (Å²) in [5, 5.41) is 15.3. The van der Waals surface area contributed by atoms with E-state index >= 15 is 0 Å². The summed E-state index contributed by atoms with van der Waals surface area (Å²) in [6, 6.07) is 5.95. The van der Waals surface area contributed by atoms with Crippen LogP contribution in [-0.2, 0) is 7.05 Å². The molecule has 0 saturated heterocycles. The third-order valence-corrected chi connectivity index (χ3v) is 4.86. The van der Waals surface area contributed by atoms with E-state index in [9.17, 15) is 13.6 Å². The Hall–Kier alpha value is -4.81. The monoisotopic (exact) mass is 466 g/mol. The second-order valence-electron chi connectivity index (χ2n) is 7.11. The quantitative estimate of drug-likeness (QED) is 0.376. The number of alkyl halides is 2. The van der Waals surface area contributed by atoms with Crippen LogP contribution in [0.2, 0.25) is 0 Å². The molecule has 3 N–H and O–H groups in total. The van der Waals surface area contributed by atoms with E-state index in [1.165, 1.54) is 46.0 Å². The Kier molecular flexibility index (Phi) is 5.12. The minimum absolute atomic E-state index is 0.0666. The average Bonchev–Trinajstić information content (AvgIpc) is 3.52. The second-order valence-corrected chi connectivity index (χ2v) is 7.11. The van der Waals surface area contributed by atoms with E-state index in [-0.39, 0.29) is 33.9 Å².